The van der Waals surface area contributed by atoms with Crippen molar-refractivity contribution in [3.05, 3.63) is 58.2 Å². The number of aryl methyl sites for hydroxylation is 1. The molecule has 4 N–H and O–H groups in total. The summed E-state index contributed by atoms with van der Waals surface area (Å²) in [6.45, 7) is 1.98. The van der Waals surface area contributed by atoms with Crippen LogP contribution in [0.25, 0.3) is 10.9 Å². The summed E-state index contributed by atoms with van der Waals surface area (Å²) in [5, 5.41) is 3.72. The summed E-state index contributed by atoms with van der Waals surface area (Å²) < 4.78 is 1.01. The lowest BCUT2D eigenvalue weighted by Gasteiger charge is -2.06. The fraction of sp³-hybridized carbons (Fsp3) is 0.0625. The average Bonchev–Trinajstić information content (AvgIpc) is 2.86. The van der Waals surface area contributed by atoms with E-state index >= 15 is 0 Å². The van der Waals surface area contributed by atoms with Crippen molar-refractivity contribution in [2.45, 2.75) is 6.92 Å². The molecule has 1 aromatic heterocycles. The van der Waals surface area contributed by atoms with E-state index in [1.165, 1.54) is 0 Å². The SMILES string of the molecule is Cc1cc(NC(=O)c2c[nH]c3ccc(N)cc23)ccc1Br. The third-order valence-electron chi connectivity index (χ3n) is 3.37. The summed E-state index contributed by atoms with van der Waals surface area (Å²) in [7, 11) is 0. The minimum absolute atomic E-state index is 0.159. The van der Waals surface area contributed by atoms with Crippen LogP contribution in [-0.2, 0) is 0 Å². The molecule has 0 fully saturated rings. The van der Waals surface area contributed by atoms with Crippen LogP contribution in [0.1, 0.15) is 15.9 Å². The molecule has 0 saturated carbocycles. The molecular weight excluding hydrogens is 330 g/mol. The number of amides is 1. The molecule has 2 aromatic carbocycles. The summed E-state index contributed by atoms with van der Waals surface area (Å²) in [5.74, 6) is -0.159. The molecule has 1 amide bonds. The topological polar surface area (TPSA) is 70.9 Å². The molecule has 0 aliphatic heterocycles. The number of carbonyl (C=O) groups excluding carboxylic acids is 1. The number of anilines is 2. The molecule has 0 aliphatic rings. The molecule has 4 nitrogen and oxygen atoms in total. The van der Waals surface area contributed by atoms with Crippen molar-refractivity contribution >= 4 is 44.1 Å². The number of nitrogens with two attached hydrogens (primary N) is 1. The predicted octanol–water partition coefficient (Wildman–Crippen LogP) is 4.07. The first kappa shape index (κ1) is 13.7. The zero-order valence-corrected chi connectivity index (χ0v) is 13.0. The lowest BCUT2D eigenvalue weighted by atomic mass is 10.1. The predicted molar refractivity (Wildman–Crippen MR) is 89.5 cm³/mol. The van der Waals surface area contributed by atoms with Gasteiger partial charge in [0, 0.05) is 32.9 Å². The highest BCUT2D eigenvalue weighted by atomic mass is 79.9. The Morgan fingerprint density at radius 1 is 1.24 bits per heavy atom. The Morgan fingerprint density at radius 2 is 2.05 bits per heavy atom. The van der Waals surface area contributed by atoms with Gasteiger partial charge in [-0.25, -0.2) is 0 Å². The second-order valence-corrected chi connectivity index (χ2v) is 5.78. The van der Waals surface area contributed by atoms with Gasteiger partial charge < -0.3 is 16.0 Å². The Labute approximate surface area is 130 Å². The number of hydrogen-bond acceptors (Lipinski definition) is 2. The molecule has 0 unspecified atom stereocenters. The van der Waals surface area contributed by atoms with Crippen LogP contribution in [0, 0.1) is 6.92 Å². The van der Waals surface area contributed by atoms with E-state index in [-0.39, 0.29) is 5.91 Å². The number of aromatic nitrogens is 1. The Morgan fingerprint density at radius 3 is 2.81 bits per heavy atom. The fourth-order valence-electron chi connectivity index (χ4n) is 2.25. The largest absolute Gasteiger partial charge is 0.399 e. The van der Waals surface area contributed by atoms with E-state index in [1.54, 1.807) is 18.3 Å². The van der Waals surface area contributed by atoms with Gasteiger partial charge in [0.2, 0.25) is 0 Å². The van der Waals surface area contributed by atoms with Crippen LogP contribution in [0.3, 0.4) is 0 Å². The van der Waals surface area contributed by atoms with E-state index in [0.717, 1.165) is 26.6 Å². The number of carbonyl (C=O) groups is 1. The van der Waals surface area contributed by atoms with Gasteiger partial charge in [-0.2, -0.15) is 0 Å². The van der Waals surface area contributed by atoms with Gasteiger partial charge in [-0.05, 0) is 48.9 Å². The molecule has 21 heavy (non-hydrogen) atoms. The fourth-order valence-corrected chi connectivity index (χ4v) is 2.49. The molecule has 0 saturated heterocycles. The Hall–Kier alpha value is -2.27. The lowest BCUT2D eigenvalue weighted by Crippen LogP contribution is -2.11. The van der Waals surface area contributed by atoms with E-state index in [4.69, 9.17) is 5.73 Å². The van der Waals surface area contributed by atoms with Crippen molar-refractivity contribution in [1.82, 2.24) is 4.98 Å². The number of rotatable bonds is 2. The quantitative estimate of drug-likeness (QED) is 0.613. The van der Waals surface area contributed by atoms with Crippen molar-refractivity contribution < 1.29 is 4.79 Å². The number of fused-ring (bicyclic) bond motifs is 1. The van der Waals surface area contributed by atoms with Gasteiger partial charge in [0.25, 0.3) is 5.91 Å². The van der Waals surface area contributed by atoms with E-state index in [9.17, 15) is 4.79 Å². The first-order chi connectivity index (χ1) is 10.0. The maximum Gasteiger partial charge on any atom is 0.257 e. The second-order valence-electron chi connectivity index (χ2n) is 4.93. The molecule has 3 rings (SSSR count). The smallest absolute Gasteiger partial charge is 0.257 e. The van der Waals surface area contributed by atoms with Gasteiger partial charge in [0.15, 0.2) is 0 Å². The van der Waals surface area contributed by atoms with E-state index in [1.807, 2.05) is 31.2 Å². The molecule has 0 aliphatic carbocycles. The second kappa shape index (κ2) is 5.26. The van der Waals surface area contributed by atoms with Crippen molar-refractivity contribution in [3.8, 4) is 0 Å². The van der Waals surface area contributed by atoms with Gasteiger partial charge in [-0.15, -0.1) is 0 Å². The highest BCUT2D eigenvalue weighted by molar-refractivity contribution is 9.10. The van der Waals surface area contributed by atoms with Crippen LogP contribution >= 0.6 is 15.9 Å². The van der Waals surface area contributed by atoms with Crippen LogP contribution in [0.15, 0.2) is 47.1 Å². The van der Waals surface area contributed by atoms with Crippen LogP contribution in [-0.4, -0.2) is 10.9 Å². The number of nitrogens with one attached hydrogen (secondary N) is 2. The highest BCUT2D eigenvalue weighted by Crippen LogP contribution is 2.24. The van der Waals surface area contributed by atoms with Gasteiger partial charge in [-0.1, -0.05) is 15.9 Å². The van der Waals surface area contributed by atoms with Crippen molar-refractivity contribution in [1.29, 1.82) is 0 Å². The highest BCUT2D eigenvalue weighted by Gasteiger charge is 2.12. The summed E-state index contributed by atoms with van der Waals surface area (Å²) in [5.41, 5.74) is 9.73. The summed E-state index contributed by atoms with van der Waals surface area (Å²) >= 11 is 3.44. The van der Waals surface area contributed by atoms with E-state index in [0.29, 0.717) is 11.3 Å². The molecule has 0 bridgehead atoms. The molecule has 3 aromatic rings. The van der Waals surface area contributed by atoms with Crippen LogP contribution in [0.5, 0.6) is 0 Å². The molecule has 0 radical (unpaired) electrons. The first-order valence-corrected chi connectivity index (χ1v) is 7.28. The van der Waals surface area contributed by atoms with Crippen molar-refractivity contribution in [3.63, 3.8) is 0 Å². The van der Waals surface area contributed by atoms with Crippen LogP contribution in [0.4, 0.5) is 11.4 Å². The third kappa shape index (κ3) is 2.64. The molecule has 0 atom stereocenters. The maximum absolute atomic E-state index is 12.4. The third-order valence-corrected chi connectivity index (χ3v) is 4.26. The molecule has 1 heterocycles. The molecule has 0 spiro atoms. The van der Waals surface area contributed by atoms with E-state index in [2.05, 4.69) is 26.2 Å². The number of halogens is 1. The number of benzene rings is 2. The number of hydrogen-bond donors (Lipinski definition) is 3. The summed E-state index contributed by atoms with van der Waals surface area (Å²) in [6.07, 6.45) is 1.70. The lowest BCUT2D eigenvalue weighted by molar-refractivity contribution is 0.102. The van der Waals surface area contributed by atoms with Crippen LogP contribution in [0.2, 0.25) is 0 Å². The van der Waals surface area contributed by atoms with Gasteiger partial charge in [0.1, 0.15) is 0 Å². The minimum Gasteiger partial charge on any atom is -0.399 e. The number of aromatic amines is 1. The zero-order valence-electron chi connectivity index (χ0n) is 11.4. The monoisotopic (exact) mass is 343 g/mol. The molecule has 106 valence electrons. The van der Waals surface area contributed by atoms with Crippen molar-refractivity contribution in [2.24, 2.45) is 0 Å². The number of H-pyrrole nitrogens is 1. The van der Waals surface area contributed by atoms with Crippen molar-refractivity contribution in [2.75, 3.05) is 11.1 Å². The van der Waals surface area contributed by atoms with Crippen LogP contribution < -0.4 is 11.1 Å². The van der Waals surface area contributed by atoms with Gasteiger partial charge in [-0.3, -0.25) is 4.79 Å². The number of nitrogen functional groups attached to an aromatic ring is 1. The summed E-state index contributed by atoms with van der Waals surface area (Å²) in [6, 6.07) is 11.2. The standard InChI is InChI=1S/C16H14BrN3O/c1-9-6-11(3-4-14(9)17)20-16(21)13-8-19-15-5-2-10(18)7-12(13)15/h2-8,19H,18H2,1H3,(H,20,21). The van der Waals surface area contributed by atoms with E-state index < -0.39 is 0 Å². The minimum atomic E-state index is -0.159. The van der Waals surface area contributed by atoms with Gasteiger partial charge in [0.05, 0.1) is 5.56 Å². The summed E-state index contributed by atoms with van der Waals surface area (Å²) in [4.78, 5) is 15.5. The Balaban J connectivity index is 1.93. The zero-order chi connectivity index (χ0) is 15.0. The van der Waals surface area contributed by atoms with Gasteiger partial charge >= 0.3 is 0 Å². The Kier molecular flexibility index (Phi) is 3.43. The molecular formula is C16H14BrN3O. The normalized spacial score (nSPS) is 10.8. The first-order valence-electron chi connectivity index (χ1n) is 6.49. The molecule has 5 heteroatoms. The maximum atomic E-state index is 12.4. The Bertz CT molecular complexity index is 839. The average molecular weight is 344 g/mol.